The van der Waals surface area contributed by atoms with Gasteiger partial charge >= 0.3 is 0 Å². The fourth-order valence-corrected chi connectivity index (χ4v) is 2.66. The number of hydrogen-bond acceptors (Lipinski definition) is 4. The van der Waals surface area contributed by atoms with E-state index in [0.717, 1.165) is 5.56 Å². The molecule has 0 aliphatic rings. The predicted octanol–water partition coefficient (Wildman–Crippen LogP) is 4.86. The molecule has 0 radical (unpaired) electrons. The summed E-state index contributed by atoms with van der Waals surface area (Å²) >= 11 is 7.03. The zero-order chi connectivity index (χ0) is 16.9. The third-order valence-corrected chi connectivity index (χ3v) is 4.16. The number of benzene rings is 2. The van der Waals surface area contributed by atoms with Gasteiger partial charge in [0.05, 0.1) is 11.9 Å². The Hall–Kier alpha value is -2.31. The van der Waals surface area contributed by atoms with Crippen molar-refractivity contribution in [1.82, 2.24) is 4.98 Å². The number of nitrogens with one attached hydrogen (secondary N) is 1. The number of oxazole rings is 1. The fourth-order valence-electron chi connectivity index (χ4n) is 1.93. The van der Waals surface area contributed by atoms with Gasteiger partial charge in [0.1, 0.15) is 5.82 Å². The van der Waals surface area contributed by atoms with Crippen molar-refractivity contribution in [3.8, 4) is 11.3 Å². The van der Waals surface area contributed by atoms with Gasteiger partial charge in [0.15, 0.2) is 5.76 Å². The number of anilines is 1. The summed E-state index contributed by atoms with van der Waals surface area (Å²) in [5.74, 6) is 0.167. The molecule has 1 aromatic heterocycles. The summed E-state index contributed by atoms with van der Waals surface area (Å²) in [5, 5.41) is 3.71. The largest absolute Gasteiger partial charge is 0.431 e. The second kappa shape index (κ2) is 7.51. The lowest BCUT2D eigenvalue weighted by Gasteiger charge is -2.03. The number of carbonyl (C=O) groups excluding carboxylic acids is 1. The minimum absolute atomic E-state index is 0.137. The van der Waals surface area contributed by atoms with Crippen LogP contribution in [-0.4, -0.2) is 16.6 Å². The minimum atomic E-state index is -0.350. The molecule has 1 amide bonds. The molecular formula is C17H12ClFN2O2S. The smallest absolute Gasteiger partial charge is 0.256 e. The second-order valence-corrected chi connectivity index (χ2v) is 6.20. The molecular weight excluding hydrogens is 351 g/mol. The Morgan fingerprint density at radius 2 is 1.88 bits per heavy atom. The molecule has 0 unspecified atom stereocenters. The van der Waals surface area contributed by atoms with Crippen LogP contribution in [0.15, 0.2) is 64.4 Å². The average molecular weight is 363 g/mol. The number of rotatable bonds is 5. The van der Waals surface area contributed by atoms with Crippen molar-refractivity contribution in [2.45, 2.75) is 5.22 Å². The first-order valence-corrected chi connectivity index (χ1v) is 8.36. The van der Waals surface area contributed by atoms with Crippen molar-refractivity contribution in [2.75, 3.05) is 11.1 Å². The van der Waals surface area contributed by atoms with E-state index in [4.69, 9.17) is 16.0 Å². The van der Waals surface area contributed by atoms with Crippen molar-refractivity contribution in [3.63, 3.8) is 0 Å². The lowest BCUT2D eigenvalue weighted by atomic mass is 10.2. The van der Waals surface area contributed by atoms with Crippen LogP contribution in [0.3, 0.4) is 0 Å². The van der Waals surface area contributed by atoms with E-state index in [1.807, 2.05) is 12.1 Å². The molecule has 0 aliphatic carbocycles. The van der Waals surface area contributed by atoms with E-state index in [1.54, 1.807) is 18.3 Å². The molecule has 122 valence electrons. The first-order chi connectivity index (χ1) is 11.6. The lowest BCUT2D eigenvalue weighted by molar-refractivity contribution is -0.113. The zero-order valence-electron chi connectivity index (χ0n) is 12.3. The highest BCUT2D eigenvalue weighted by molar-refractivity contribution is 7.99. The van der Waals surface area contributed by atoms with Gasteiger partial charge in [-0.3, -0.25) is 4.79 Å². The van der Waals surface area contributed by atoms with E-state index in [2.05, 4.69) is 10.3 Å². The molecule has 7 heteroatoms. The first-order valence-electron chi connectivity index (χ1n) is 7.00. The summed E-state index contributed by atoms with van der Waals surface area (Å²) in [6.07, 6.45) is 1.60. The van der Waals surface area contributed by atoms with Crippen LogP contribution in [0.1, 0.15) is 0 Å². The molecule has 0 saturated carbocycles. The Bertz CT molecular complexity index is 835. The Morgan fingerprint density at radius 1 is 1.17 bits per heavy atom. The van der Waals surface area contributed by atoms with Crippen molar-refractivity contribution in [2.24, 2.45) is 0 Å². The molecule has 0 bridgehead atoms. The normalized spacial score (nSPS) is 10.6. The molecule has 24 heavy (non-hydrogen) atoms. The highest BCUT2D eigenvalue weighted by Crippen LogP contribution is 2.26. The van der Waals surface area contributed by atoms with Crippen LogP contribution in [0.5, 0.6) is 0 Å². The van der Waals surface area contributed by atoms with Gasteiger partial charge in [0.25, 0.3) is 5.22 Å². The van der Waals surface area contributed by atoms with Gasteiger partial charge in [-0.25, -0.2) is 9.37 Å². The highest BCUT2D eigenvalue weighted by Gasteiger charge is 2.10. The van der Waals surface area contributed by atoms with Crippen molar-refractivity contribution in [1.29, 1.82) is 0 Å². The van der Waals surface area contributed by atoms with Crippen LogP contribution in [0, 0.1) is 5.82 Å². The van der Waals surface area contributed by atoms with Crippen molar-refractivity contribution < 1.29 is 13.6 Å². The number of nitrogens with zero attached hydrogens (tertiary/aromatic N) is 1. The van der Waals surface area contributed by atoms with Crippen LogP contribution >= 0.6 is 23.4 Å². The number of aromatic nitrogens is 1. The quantitative estimate of drug-likeness (QED) is 0.658. The van der Waals surface area contributed by atoms with Gasteiger partial charge in [-0.1, -0.05) is 23.4 Å². The Morgan fingerprint density at radius 3 is 2.58 bits per heavy atom. The van der Waals surface area contributed by atoms with Crippen LogP contribution < -0.4 is 5.32 Å². The van der Waals surface area contributed by atoms with Crippen molar-refractivity contribution in [3.05, 3.63) is 65.6 Å². The van der Waals surface area contributed by atoms with Gasteiger partial charge in [-0.05, 0) is 48.5 Å². The Labute approximate surface area is 147 Å². The molecule has 0 saturated heterocycles. The number of hydrogen-bond donors (Lipinski definition) is 1. The van der Waals surface area contributed by atoms with Crippen LogP contribution in [0.2, 0.25) is 5.02 Å². The van der Waals surface area contributed by atoms with Crippen LogP contribution in [-0.2, 0) is 4.79 Å². The van der Waals surface area contributed by atoms with E-state index < -0.39 is 0 Å². The summed E-state index contributed by atoms with van der Waals surface area (Å²) in [6, 6.07) is 12.8. The molecule has 3 rings (SSSR count). The fraction of sp³-hybridized carbons (Fsp3) is 0.0588. The van der Waals surface area contributed by atoms with Crippen LogP contribution in [0.4, 0.5) is 10.1 Å². The Kier molecular flexibility index (Phi) is 5.17. The number of amides is 1. The van der Waals surface area contributed by atoms with Gasteiger partial charge in [-0.2, -0.15) is 0 Å². The molecule has 4 nitrogen and oxygen atoms in total. The summed E-state index contributed by atoms with van der Waals surface area (Å²) in [5.41, 5.74) is 1.39. The predicted molar refractivity (Wildman–Crippen MR) is 92.7 cm³/mol. The van der Waals surface area contributed by atoms with Crippen molar-refractivity contribution >= 4 is 35.0 Å². The topological polar surface area (TPSA) is 55.1 Å². The van der Waals surface area contributed by atoms with E-state index >= 15 is 0 Å². The number of carbonyl (C=O) groups is 1. The number of thioether (sulfide) groups is 1. The molecule has 3 aromatic rings. The zero-order valence-corrected chi connectivity index (χ0v) is 13.9. The SMILES string of the molecule is O=C(CSc1ncc(-c2ccc(Cl)cc2)o1)Nc1ccc(F)cc1. The maximum atomic E-state index is 12.8. The average Bonchev–Trinajstić information content (AvgIpc) is 3.05. The molecule has 1 heterocycles. The third-order valence-electron chi connectivity index (χ3n) is 3.07. The maximum absolute atomic E-state index is 12.8. The standard InChI is InChI=1S/C17H12ClFN2O2S/c18-12-3-1-11(2-4-12)15-9-20-17(23-15)24-10-16(22)21-14-7-5-13(19)6-8-14/h1-9H,10H2,(H,21,22). The summed E-state index contributed by atoms with van der Waals surface area (Å²) in [6.45, 7) is 0. The third kappa shape index (κ3) is 4.37. The Balaban J connectivity index is 1.56. The monoisotopic (exact) mass is 362 g/mol. The van der Waals surface area contributed by atoms with E-state index in [9.17, 15) is 9.18 Å². The molecule has 0 atom stereocenters. The van der Waals surface area contributed by atoms with Gasteiger partial charge in [-0.15, -0.1) is 0 Å². The van der Waals surface area contributed by atoms with Gasteiger partial charge in [0.2, 0.25) is 5.91 Å². The maximum Gasteiger partial charge on any atom is 0.256 e. The highest BCUT2D eigenvalue weighted by atomic mass is 35.5. The minimum Gasteiger partial charge on any atom is -0.431 e. The van der Waals surface area contributed by atoms with Gasteiger partial charge < -0.3 is 9.73 Å². The number of halogens is 2. The van der Waals surface area contributed by atoms with E-state index in [0.29, 0.717) is 21.7 Å². The lowest BCUT2D eigenvalue weighted by Crippen LogP contribution is -2.13. The van der Waals surface area contributed by atoms with E-state index in [1.165, 1.54) is 36.0 Å². The van der Waals surface area contributed by atoms with Gasteiger partial charge in [0, 0.05) is 16.3 Å². The second-order valence-electron chi connectivity index (χ2n) is 4.84. The summed E-state index contributed by atoms with van der Waals surface area (Å²) in [7, 11) is 0. The molecule has 0 spiro atoms. The molecule has 0 aliphatic heterocycles. The summed E-state index contributed by atoms with van der Waals surface area (Å²) < 4.78 is 18.4. The molecule has 0 fully saturated rings. The van der Waals surface area contributed by atoms with Crippen LogP contribution in [0.25, 0.3) is 11.3 Å². The first kappa shape index (κ1) is 16.5. The molecule has 2 aromatic carbocycles. The molecule has 1 N–H and O–H groups in total. The summed E-state index contributed by atoms with van der Waals surface area (Å²) in [4.78, 5) is 16.0. The van der Waals surface area contributed by atoms with E-state index in [-0.39, 0.29) is 17.5 Å².